The topological polar surface area (TPSA) is 40.5 Å². The van der Waals surface area contributed by atoms with Gasteiger partial charge in [0.2, 0.25) is 0 Å². The van der Waals surface area contributed by atoms with Gasteiger partial charge in [0.25, 0.3) is 0 Å². The second-order valence-electron chi connectivity index (χ2n) is 5.00. The van der Waals surface area contributed by atoms with Crippen molar-refractivity contribution in [3.8, 4) is 0 Å². The minimum atomic E-state index is -1.20. The lowest BCUT2D eigenvalue weighted by atomic mass is 9.74. The number of hydrogen-bond donors (Lipinski definition) is 1. The van der Waals surface area contributed by atoms with Crippen LogP contribution in [0.1, 0.15) is 37.0 Å². The van der Waals surface area contributed by atoms with Gasteiger partial charge in [0.05, 0.1) is 5.69 Å². The van der Waals surface area contributed by atoms with Gasteiger partial charge >= 0.3 is 5.97 Å². The highest BCUT2D eigenvalue weighted by molar-refractivity contribution is 5.95. The standard InChI is InChI=1S/C14H18FNO2/c1-3-14(4-2)8-16(9-14)11-7-5-6-10(15)12(11)13(17)18/h5-7H,3-4,8-9H2,1-2H3,(H,17,18). The predicted molar refractivity (Wildman–Crippen MR) is 68.6 cm³/mol. The van der Waals surface area contributed by atoms with E-state index in [0.29, 0.717) is 5.69 Å². The summed E-state index contributed by atoms with van der Waals surface area (Å²) in [5.41, 5.74) is 0.556. The molecule has 1 N–H and O–H groups in total. The largest absolute Gasteiger partial charge is 0.478 e. The van der Waals surface area contributed by atoms with Crippen LogP contribution >= 0.6 is 0 Å². The van der Waals surface area contributed by atoms with Crippen LogP contribution in [0.2, 0.25) is 0 Å². The van der Waals surface area contributed by atoms with E-state index >= 15 is 0 Å². The maximum Gasteiger partial charge on any atom is 0.340 e. The molecule has 1 aromatic carbocycles. The monoisotopic (exact) mass is 251 g/mol. The molecule has 3 nitrogen and oxygen atoms in total. The highest BCUT2D eigenvalue weighted by Crippen LogP contribution is 2.41. The summed E-state index contributed by atoms with van der Waals surface area (Å²) in [5, 5.41) is 9.09. The minimum absolute atomic E-state index is 0.210. The maximum absolute atomic E-state index is 13.6. The zero-order valence-corrected chi connectivity index (χ0v) is 10.7. The molecule has 4 heteroatoms. The molecule has 0 spiro atoms. The number of benzene rings is 1. The smallest absolute Gasteiger partial charge is 0.340 e. The van der Waals surface area contributed by atoms with Gasteiger partial charge in [0, 0.05) is 18.5 Å². The highest BCUT2D eigenvalue weighted by atomic mass is 19.1. The second-order valence-corrected chi connectivity index (χ2v) is 5.00. The molecule has 1 aromatic rings. The van der Waals surface area contributed by atoms with Gasteiger partial charge in [-0.1, -0.05) is 19.9 Å². The third-order valence-electron chi connectivity index (χ3n) is 4.10. The quantitative estimate of drug-likeness (QED) is 0.893. The first-order valence-corrected chi connectivity index (χ1v) is 6.30. The molecule has 0 bridgehead atoms. The summed E-state index contributed by atoms with van der Waals surface area (Å²) in [7, 11) is 0. The first-order valence-electron chi connectivity index (χ1n) is 6.30. The van der Waals surface area contributed by atoms with E-state index < -0.39 is 11.8 Å². The average molecular weight is 251 g/mol. The molecule has 0 unspecified atom stereocenters. The van der Waals surface area contributed by atoms with E-state index in [1.54, 1.807) is 12.1 Å². The number of aromatic carboxylic acids is 1. The van der Waals surface area contributed by atoms with Gasteiger partial charge in [-0.15, -0.1) is 0 Å². The van der Waals surface area contributed by atoms with Crippen LogP contribution in [0.4, 0.5) is 10.1 Å². The molecular weight excluding hydrogens is 233 g/mol. The van der Waals surface area contributed by atoms with Crippen LogP contribution in [0.5, 0.6) is 0 Å². The number of carboxylic acids is 1. The SMILES string of the molecule is CCC1(CC)CN(c2cccc(F)c2C(=O)O)C1. The lowest BCUT2D eigenvalue weighted by molar-refractivity contribution is 0.0691. The zero-order valence-electron chi connectivity index (χ0n) is 10.7. The first-order chi connectivity index (χ1) is 8.53. The van der Waals surface area contributed by atoms with E-state index in [4.69, 9.17) is 5.11 Å². The van der Waals surface area contributed by atoms with Crippen LogP contribution in [0, 0.1) is 11.2 Å². The van der Waals surface area contributed by atoms with Crippen molar-refractivity contribution in [1.82, 2.24) is 0 Å². The predicted octanol–water partition coefficient (Wildman–Crippen LogP) is 3.15. The van der Waals surface area contributed by atoms with Crippen molar-refractivity contribution < 1.29 is 14.3 Å². The van der Waals surface area contributed by atoms with Crippen LogP contribution in [-0.4, -0.2) is 24.2 Å². The summed E-state index contributed by atoms with van der Waals surface area (Å²) >= 11 is 0. The zero-order chi connectivity index (χ0) is 13.3. The van der Waals surface area contributed by atoms with Crippen molar-refractivity contribution >= 4 is 11.7 Å². The van der Waals surface area contributed by atoms with Crippen molar-refractivity contribution in [2.75, 3.05) is 18.0 Å². The van der Waals surface area contributed by atoms with Crippen molar-refractivity contribution in [2.24, 2.45) is 5.41 Å². The summed E-state index contributed by atoms with van der Waals surface area (Å²) in [5.74, 6) is -1.86. The molecule has 1 fully saturated rings. The Hall–Kier alpha value is -1.58. The molecule has 0 radical (unpaired) electrons. The highest BCUT2D eigenvalue weighted by Gasteiger charge is 2.41. The lowest BCUT2D eigenvalue weighted by Gasteiger charge is -2.51. The number of carbonyl (C=O) groups is 1. The van der Waals surface area contributed by atoms with Gasteiger partial charge in [-0.3, -0.25) is 0 Å². The van der Waals surface area contributed by atoms with Crippen molar-refractivity contribution in [3.63, 3.8) is 0 Å². The van der Waals surface area contributed by atoms with E-state index in [1.165, 1.54) is 6.07 Å². The molecule has 0 aromatic heterocycles. The molecular formula is C14H18FNO2. The van der Waals surface area contributed by atoms with Gasteiger partial charge in [0.15, 0.2) is 0 Å². The third-order valence-corrected chi connectivity index (χ3v) is 4.10. The molecule has 0 atom stereocenters. The van der Waals surface area contributed by atoms with Crippen LogP contribution in [0.25, 0.3) is 0 Å². The van der Waals surface area contributed by atoms with E-state index in [2.05, 4.69) is 13.8 Å². The number of rotatable bonds is 4. The molecule has 0 saturated carbocycles. The maximum atomic E-state index is 13.6. The van der Waals surface area contributed by atoms with E-state index in [-0.39, 0.29) is 11.0 Å². The van der Waals surface area contributed by atoms with Crippen LogP contribution in [-0.2, 0) is 0 Å². The Labute approximate surface area is 106 Å². The molecule has 1 aliphatic rings. The molecule has 1 aliphatic heterocycles. The van der Waals surface area contributed by atoms with Crippen molar-refractivity contribution in [1.29, 1.82) is 0 Å². The molecule has 2 rings (SSSR count). The first kappa shape index (κ1) is 12.9. The fourth-order valence-electron chi connectivity index (χ4n) is 2.62. The lowest BCUT2D eigenvalue weighted by Crippen LogP contribution is -2.56. The second kappa shape index (κ2) is 4.59. The van der Waals surface area contributed by atoms with E-state index in [9.17, 15) is 9.18 Å². The molecule has 0 aliphatic carbocycles. The Morgan fingerprint density at radius 1 is 1.39 bits per heavy atom. The van der Waals surface area contributed by atoms with Crippen LogP contribution in [0.15, 0.2) is 18.2 Å². The number of nitrogens with zero attached hydrogens (tertiary/aromatic N) is 1. The Kier molecular flexibility index (Phi) is 3.28. The van der Waals surface area contributed by atoms with Gasteiger partial charge in [-0.2, -0.15) is 0 Å². The summed E-state index contributed by atoms with van der Waals surface area (Å²) in [6, 6.07) is 4.44. The molecule has 98 valence electrons. The summed E-state index contributed by atoms with van der Waals surface area (Å²) < 4.78 is 13.6. The Morgan fingerprint density at radius 3 is 2.50 bits per heavy atom. The summed E-state index contributed by atoms with van der Waals surface area (Å²) in [6.07, 6.45) is 2.13. The molecule has 1 saturated heterocycles. The van der Waals surface area contributed by atoms with Gasteiger partial charge < -0.3 is 10.0 Å². The summed E-state index contributed by atoms with van der Waals surface area (Å²) in [4.78, 5) is 13.1. The third kappa shape index (κ3) is 1.96. The fourth-order valence-corrected chi connectivity index (χ4v) is 2.62. The molecule has 0 amide bonds. The Bertz CT molecular complexity index is 461. The van der Waals surface area contributed by atoms with Crippen molar-refractivity contribution in [2.45, 2.75) is 26.7 Å². The Morgan fingerprint density at radius 2 is 2.00 bits per heavy atom. The van der Waals surface area contributed by atoms with E-state index in [0.717, 1.165) is 25.9 Å². The van der Waals surface area contributed by atoms with E-state index in [1.807, 2.05) is 4.90 Å². The normalized spacial score (nSPS) is 17.4. The number of carboxylic acid groups (broad SMARTS) is 1. The van der Waals surface area contributed by atoms with Gasteiger partial charge in [-0.05, 0) is 25.0 Å². The number of halogens is 1. The number of hydrogen-bond acceptors (Lipinski definition) is 2. The average Bonchev–Trinajstić information content (AvgIpc) is 2.28. The summed E-state index contributed by atoms with van der Waals surface area (Å²) in [6.45, 7) is 5.91. The van der Waals surface area contributed by atoms with Crippen molar-refractivity contribution in [3.05, 3.63) is 29.6 Å². The molecule has 1 heterocycles. The van der Waals surface area contributed by atoms with Gasteiger partial charge in [-0.25, -0.2) is 9.18 Å². The fraction of sp³-hybridized carbons (Fsp3) is 0.500. The van der Waals surface area contributed by atoms with Crippen LogP contribution < -0.4 is 4.90 Å². The Balaban J connectivity index is 2.27. The number of anilines is 1. The minimum Gasteiger partial charge on any atom is -0.478 e. The van der Waals surface area contributed by atoms with Crippen LogP contribution in [0.3, 0.4) is 0 Å². The molecule has 18 heavy (non-hydrogen) atoms. The van der Waals surface area contributed by atoms with Gasteiger partial charge in [0.1, 0.15) is 11.4 Å².